The van der Waals surface area contributed by atoms with Crippen molar-refractivity contribution >= 4 is 26.5 Å². The van der Waals surface area contributed by atoms with Crippen LogP contribution < -0.4 is 0 Å². The second-order valence-electron chi connectivity index (χ2n) is 2.03. The minimum atomic E-state index is -1.17. The second kappa shape index (κ2) is 3.91. The molecule has 1 N–H and O–H groups in total. The first-order chi connectivity index (χ1) is 5.74. The van der Waals surface area contributed by atoms with Crippen molar-refractivity contribution in [2.24, 2.45) is 0 Å². The van der Waals surface area contributed by atoms with E-state index >= 15 is 0 Å². The summed E-state index contributed by atoms with van der Waals surface area (Å²) in [5, 5.41) is 16.9. The van der Waals surface area contributed by atoms with Gasteiger partial charge < -0.3 is 0 Å². The molecule has 0 aliphatic carbocycles. The molecule has 0 aliphatic rings. The van der Waals surface area contributed by atoms with E-state index in [1.54, 1.807) is 6.07 Å². The Kier molecular flexibility index (Phi) is 2.87. The molecular formula is C8H5NO2Se. The van der Waals surface area contributed by atoms with Crippen molar-refractivity contribution in [3.63, 3.8) is 0 Å². The Labute approximate surface area is 75.3 Å². The van der Waals surface area contributed by atoms with E-state index in [0.29, 0.717) is 14.5 Å². The van der Waals surface area contributed by atoms with Crippen LogP contribution in [-0.4, -0.2) is 25.6 Å². The van der Waals surface area contributed by atoms with Gasteiger partial charge in [-0.05, 0) is 0 Å². The van der Waals surface area contributed by atoms with Crippen molar-refractivity contribution in [2.75, 3.05) is 0 Å². The molecule has 0 saturated carbocycles. The van der Waals surface area contributed by atoms with Crippen molar-refractivity contribution in [3.8, 4) is 6.07 Å². The summed E-state index contributed by atoms with van der Waals surface area (Å²) in [5.41, 5.74) is 0.595. The zero-order chi connectivity index (χ0) is 8.97. The molecular weight excluding hydrogens is 221 g/mol. The third-order valence-electron chi connectivity index (χ3n) is 1.21. The van der Waals surface area contributed by atoms with Gasteiger partial charge in [-0.25, -0.2) is 0 Å². The summed E-state index contributed by atoms with van der Waals surface area (Å²) in [6.45, 7) is 0. The zero-order valence-electron chi connectivity index (χ0n) is 6.02. The maximum atomic E-state index is 10.4. The van der Waals surface area contributed by atoms with Crippen LogP contribution in [0.5, 0.6) is 0 Å². The Hall–Kier alpha value is -1.30. The van der Waals surface area contributed by atoms with Gasteiger partial charge in [-0.3, -0.25) is 0 Å². The molecule has 0 aromatic carbocycles. The van der Waals surface area contributed by atoms with Gasteiger partial charge in [0.25, 0.3) is 0 Å². The van der Waals surface area contributed by atoms with E-state index in [1.807, 2.05) is 15.9 Å². The van der Waals surface area contributed by atoms with Crippen LogP contribution in [0.4, 0.5) is 0 Å². The second-order valence-corrected chi connectivity index (χ2v) is 3.67. The van der Waals surface area contributed by atoms with Crippen LogP contribution in [0.1, 0.15) is 5.56 Å². The van der Waals surface area contributed by atoms with E-state index in [1.165, 1.54) is 6.08 Å². The molecule has 0 bridgehead atoms. The quantitative estimate of drug-likeness (QED) is 0.459. The van der Waals surface area contributed by atoms with Crippen molar-refractivity contribution in [1.29, 1.82) is 5.26 Å². The summed E-state index contributed by atoms with van der Waals surface area (Å²) in [6, 6.07) is 3.44. The summed E-state index contributed by atoms with van der Waals surface area (Å²) in [6.07, 6.45) is 1.38. The molecule has 0 radical (unpaired) electrons. The van der Waals surface area contributed by atoms with E-state index in [9.17, 15) is 4.79 Å². The summed E-state index contributed by atoms with van der Waals surface area (Å²) >= 11 is 0.324. The summed E-state index contributed by atoms with van der Waals surface area (Å²) in [7, 11) is 0. The Morgan fingerprint density at radius 2 is 2.50 bits per heavy atom. The fourth-order valence-corrected chi connectivity index (χ4v) is 1.96. The van der Waals surface area contributed by atoms with Crippen LogP contribution >= 0.6 is 0 Å². The number of carboxylic acids is 1. The number of hydrogen-bond donors (Lipinski definition) is 1. The van der Waals surface area contributed by atoms with Crippen molar-refractivity contribution in [2.45, 2.75) is 0 Å². The SMILES string of the molecule is N#CC(=Cc1cc[se]c1)C(=O)O. The average molecular weight is 226 g/mol. The van der Waals surface area contributed by atoms with Crippen LogP contribution in [0.2, 0.25) is 0 Å². The molecule has 12 heavy (non-hydrogen) atoms. The first kappa shape index (κ1) is 8.79. The summed E-state index contributed by atoms with van der Waals surface area (Å²) < 4.78 is 0. The van der Waals surface area contributed by atoms with Gasteiger partial charge in [0.05, 0.1) is 0 Å². The van der Waals surface area contributed by atoms with Crippen LogP contribution in [0.25, 0.3) is 6.08 Å². The molecule has 0 fully saturated rings. The van der Waals surface area contributed by atoms with E-state index in [4.69, 9.17) is 10.4 Å². The van der Waals surface area contributed by atoms with E-state index in [-0.39, 0.29) is 5.57 Å². The van der Waals surface area contributed by atoms with Crippen molar-refractivity contribution in [1.82, 2.24) is 0 Å². The fourth-order valence-electron chi connectivity index (χ4n) is 0.666. The predicted molar refractivity (Wildman–Crippen MR) is 44.6 cm³/mol. The van der Waals surface area contributed by atoms with Crippen LogP contribution in [0.15, 0.2) is 21.5 Å². The number of aliphatic carboxylic acids is 1. The molecule has 1 aromatic rings. The minimum absolute atomic E-state index is 0.219. The van der Waals surface area contributed by atoms with Crippen LogP contribution in [-0.2, 0) is 4.79 Å². The van der Waals surface area contributed by atoms with E-state index in [2.05, 4.69) is 0 Å². The van der Waals surface area contributed by atoms with Crippen molar-refractivity contribution in [3.05, 3.63) is 27.1 Å². The van der Waals surface area contributed by atoms with Gasteiger partial charge in [0.1, 0.15) is 0 Å². The van der Waals surface area contributed by atoms with Gasteiger partial charge in [-0.1, -0.05) is 0 Å². The van der Waals surface area contributed by atoms with Gasteiger partial charge in [0, 0.05) is 0 Å². The van der Waals surface area contributed by atoms with Gasteiger partial charge in [-0.15, -0.1) is 0 Å². The summed E-state index contributed by atoms with van der Waals surface area (Å²) in [5.74, 6) is -1.17. The third kappa shape index (κ3) is 2.09. The first-order valence-corrected chi connectivity index (χ1v) is 5.09. The molecule has 0 amide bonds. The molecule has 60 valence electrons. The molecule has 0 saturated heterocycles. The van der Waals surface area contributed by atoms with Crippen LogP contribution in [0.3, 0.4) is 0 Å². The Balaban J connectivity index is 2.95. The van der Waals surface area contributed by atoms with E-state index < -0.39 is 5.97 Å². The molecule has 1 aromatic heterocycles. The fraction of sp³-hybridized carbons (Fsp3) is 0. The van der Waals surface area contributed by atoms with Crippen molar-refractivity contribution < 1.29 is 9.90 Å². The maximum absolute atomic E-state index is 10.4. The number of carboxylic acid groups (broad SMARTS) is 1. The molecule has 3 nitrogen and oxygen atoms in total. The number of nitriles is 1. The Morgan fingerprint density at radius 3 is 2.92 bits per heavy atom. The standard InChI is InChI=1S/C8H5NO2Se/c9-4-7(8(10)11)3-6-1-2-12-5-6/h1-3,5H,(H,10,11). The molecule has 0 aliphatic heterocycles. The Bertz CT molecular complexity index is 346. The number of carbonyl (C=O) groups is 1. The molecule has 0 atom stereocenters. The summed E-state index contributed by atoms with van der Waals surface area (Å²) in [4.78, 5) is 14.3. The first-order valence-electron chi connectivity index (χ1n) is 3.11. The number of nitrogens with zero attached hydrogens (tertiary/aromatic N) is 1. The van der Waals surface area contributed by atoms with Gasteiger partial charge in [0.15, 0.2) is 0 Å². The molecule has 4 heteroatoms. The molecule has 0 unspecified atom stereocenters. The Morgan fingerprint density at radius 1 is 1.75 bits per heavy atom. The topological polar surface area (TPSA) is 61.1 Å². The molecule has 0 spiro atoms. The monoisotopic (exact) mass is 227 g/mol. The van der Waals surface area contributed by atoms with Gasteiger partial charge in [0.2, 0.25) is 0 Å². The predicted octanol–water partition coefficient (Wildman–Crippen LogP) is 0.735. The molecule has 1 rings (SSSR count). The van der Waals surface area contributed by atoms with Gasteiger partial charge >= 0.3 is 74.9 Å². The molecule has 1 heterocycles. The number of rotatable bonds is 2. The zero-order valence-corrected chi connectivity index (χ0v) is 7.73. The average Bonchev–Trinajstić information content (AvgIpc) is 2.51. The third-order valence-corrected chi connectivity index (χ3v) is 2.68. The normalized spacial score (nSPS) is 10.8. The van der Waals surface area contributed by atoms with E-state index in [0.717, 1.165) is 5.56 Å². The number of hydrogen-bond acceptors (Lipinski definition) is 2. The van der Waals surface area contributed by atoms with Gasteiger partial charge in [-0.2, -0.15) is 0 Å². The van der Waals surface area contributed by atoms with Crippen LogP contribution in [0, 0.1) is 11.3 Å².